The van der Waals surface area contributed by atoms with Gasteiger partial charge in [-0.15, -0.1) is 0 Å². The molecule has 0 bridgehead atoms. The van der Waals surface area contributed by atoms with E-state index in [2.05, 4.69) is 0 Å². The predicted molar refractivity (Wildman–Crippen MR) is 507 cm³/mol. The molecule has 0 radical (unpaired) electrons. The van der Waals surface area contributed by atoms with Crippen LogP contribution < -0.4 is 37.9 Å². The van der Waals surface area contributed by atoms with E-state index >= 15 is 0 Å². The van der Waals surface area contributed by atoms with Crippen molar-refractivity contribution < 1.29 is 76.3 Å². The molecule has 0 saturated carbocycles. The molecular weight excluding hydrogens is 1630 g/mol. The third-order valence-electron chi connectivity index (χ3n) is 20.3. The molecule has 0 aliphatic carbocycles. The summed E-state index contributed by atoms with van der Waals surface area (Å²) in [6, 6.07) is 116. The maximum atomic E-state index is 13.0. The van der Waals surface area contributed by atoms with Crippen molar-refractivity contribution in [3.63, 3.8) is 0 Å². The molecule has 0 aliphatic rings. The molecule has 0 aromatic heterocycles. The van der Waals surface area contributed by atoms with Crippen molar-refractivity contribution in [1.82, 2.24) is 0 Å². The molecule has 0 N–H and O–H groups in total. The fraction of sp³-hybridized carbons (Fsp3) is 0.0877. The molecule has 0 spiro atoms. The van der Waals surface area contributed by atoms with Crippen LogP contribution in [-0.2, 0) is 0 Å². The topological polar surface area (TPSA) is 210 Å². The summed E-state index contributed by atoms with van der Waals surface area (Å²) >= 11 is 0. The highest BCUT2D eigenvalue weighted by molar-refractivity contribution is 6.12. The molecule has 16 nitrogen and oxygen atoms in total. The van der Waals surface area contributed by atoms with E-state index in [-0.39, 0.29) is 46.3 Å². The molecule has 0 unspecified atom stereocenters. The molecule has 0 heterocycles. The minimum atomic E-state index is -0.140. The number of aryl methyl sites for hydroxylation is 5. The van der Waals surface area contributed by atoms with E-state index in [0.717, 1.165) is 51.4 Å². The number of hydrogen-bond acceptors (Lipinski definition) is 16. The van der Waals surface area contributed by atoms with Crippen LogP contribution in [0.4, 0.5) is 0 Å². The Bertz CT molecular complexity index is 6500. The first kappa shape index (κ1) is 92.5. The van der Waals surface area contributed by atoms with E-state index in [9.17, 15) is 38.4 Å². The summed E-state index contributed by atoms with van der Waals surface area (Å²) in [6.07, 6.45) is 0. The minimum Gasteiger partial charge on any atom is -0.497 e. The summed E-state index contributed by atoms with van der Waals surface area (Å²) in [7, 11) is 3.21. The van der Waals surface area contributed by atoms with Crippen LogP contribution in [0.25, 0.3) is 0 Å². The average molecular weight is 1720 g/mol. The third-order valence-corrected chi connectivity index (χ3v) is 20.3. The zero-order chi connectivity index (χ0) is 92.0. The number of carbonyl (C=O) groups excluding carboxylic acids is 8. The Morgan fingerprint density at radius 3 is 0.369 bits per heavy atom. The zero-order valence-corrected chi connectivity index (χ0v) is 73.5. The summed E-state index contributed by atoms with van der Waals surface area (Å²) in [6.45, 7) is 14.6. The van der Waals surface area contributed by atoms with Crippen LogP contribution in [0.3, 0.4) is 0 Å². The summed E-state index contributed by atoms with van der Waals surface area (Å²) in [5.41, 5.74) is 13.6. The Balaban J connectivity index is 0.000000151. The van der Waals surface area contributed by atoms with Crippen molar-refractivity contribution in [3.05, 3.63) is 488 Å². The Kier molecular flexibility index (Phi) is 32.2. The van der Waals surface area contributed by atoms with Crippen molar-refractivity contribution in [2.45, 2.75) is 55.4 Å². The van der Waals surface area contributed by atoms with E-state index < -0.39 is 0 Å². The van der Waals surface area contributed by atoms with E-state index in [1.165, 1.54) is 30.5 Å². The molecule has 0 fully saturated rings. The van der Waals surface area contributed by atoms with Gasteiger partial charge in [0.05, 0.1) is 14.2 Å². The second-order valence-electron chi connectivity index (χ2n) is 30.3. The largest absolute Gasteiger partial charge is 0.497 e. The molecule has 0 saturated heterocycles. The third kappa shape index (κ3) is 27.1. The first-order valence-corrected chi connectivity index (χ1v) is 41.7. The van der Waals surface area contributed by atoms with Crippen LogP contribution in [0, 0.1) is 34.6 Å². The van der Waals surface area contributed by atoms with Gasteiger partial charge in [0.25, 0.3) is 0 Å². The van der Waals surface area contributed by atoms with Crippen LogP contribution in [0.1, 0.15) is 159 Å². The summed E-state index contributed by atoms with van der Waals surface area (Å²) < 4.78 is 45.0. The smallest absolute Gasteiger partial charge is 0.193 e. The Labute approximate surface area is 756 Å². The molecule has 0 aliphatic heterocycles. The van der Waals surface area contributed by atoms with Crippen LogP contribution in [0.5, 0.6) is 80.5 Å². The number of rotatable bonds is 27. The first-order valence-electron chi connectivity index (χ1n) is 41.7. The minimum absolute atomic E-state index is 0.0170. The quantitative estimate of drug-likeness (QED) is 0.0438. The van der Waals surface area contributed by atoms with Gasteiger partial charge in [-0.1, -0.05) is 149 Å². The van der Waals surface area contributed by atoms with E-state index in [1.807, 2.05) is 180 Å². The van der Waals surface area contributed by atoms with Gasteiger partial charge in [0.15, 0.2) is 46.3 Å². The number of ketones is 8. The standard InChI is InChI=1S/C35H26O5.C22H18O3.2C21H18O3.C15H14O2/c1-23-3-15-30(16-4-23)39-31-17-11-28(12-18-31)35(38)29-13-21-33(22-14-29)40-32-19-9-27(10-20-32)34(37)26-7-5-25(6-8-26)24(2)36;1-15-3-11-20(12-4-15)25-21-13-9-19(10-14-21)22(24)18-7-5-17(6-8-18)16(2)23;1-15-3-9-19(10-4-15)24-20-13-7-17(8-14-20)21(22)16-5-11-18(23-2)12-6-16;1-15-3-7-18(8-4-15)23-20-11-13-21(14-12-20)24-19-9-5-17(6-10-19)16(2)22;1-11-3-5-12(6-4-11)15(16)13-7-9-14(17-2)10-8-13/h3-22H,1-2H3;3-14H,1-2H3;2*3-14H,1-2H3;3-10H,1-2H3. The molecule has 16 heteroatoms. The Morgan fingerprint density at radius 1 is 0.138 bits per heavy atom. The fourth-order valence-corrected chi connectivity index (χ4v) is 12.7. The van der Waals surface area contributed by atoms with Gasteiger partial charge in [-0.3, -0.25) is 38.4 Å². The van der Waals surface area contributed by atoms with E-state index in [4.69, 9.17) is 37.9 Å². The van der Waals surface area contributed by atoms with Crippen LogP contribution in [0.2, 0.25) is 0 Å². The molecule has 16 aromatic carbocycles. The highest BCUT2D eigenvalue weighted by atomic mass is 16.5. The van der Waals surface area contributed by atoms with Crippen molar-refractivity contribution in [2.24, 2.45) is 0 Å². The molecular formula is C114H94O16. The van der Waals surface area contributed by atoms with Crippen molar-refractivity contribution in [1.29, 1.82) is 0 Å². The summed E-state index contributed by atoms with van der Waals surface area (Å²) in [4.78, 5) is 96.8. The number of hydrogen-bond donors (Lipinski definition) is 0. The monoisotopic (exact) mass is 1720 g/mol. The van der Waals surface area contributed by atoms with Crippen LogP contribution >= 0.6 is 0 Å². The van der Waals surface area contributed by atoms with Crippen molar-refractivity contribution >= 4 is 46.3 Å². The lowest BCUT2D eigenvalue weighted by atomic mass is 10.0. The van der Waals surface area contributed by atoms with Gasteiger partial charge in [0.1, 0.15) is 80.5 Å². The maximum absolute atomic E-state index is 13.0. The molecule has 646 valence electrons. The Hall–Kier alpha value is -16.7. The second-order valence-corrected chi connectivity index (χ2v) is 30.3. The van der Waals surface area contributed by atoms with Gasteiger partial charge in [-0.05, 0) is 322 Å². The molecule has 0 atom stereocenters. The van der Waals surface area contributed by atoms with E-state index in [1.54, 1.807) is 264 Å². The lowest BCUT2D eigenvalue weighted by molar-refractivity contribution is 0.100. The van der Waals surface area contributed by atoms with Crippen molar-refractivity contribution in [2.75, 3.05) is 14.2 Å². The highest BCUT2D eigenvalue weighted by Crippen LogP contribution is 2.32. The number of ether oxygens (including phenoxy) is 8. The fourth-order valence-electron chi connectivity index (χ4n) is 12.7. The summed E-state index contributed by atoms with van der Waals surface area (Å²) in [5.74, 6) is 9.51. The Morgan fingerprint density at radius 2 is 0.231 bits per heavy atom. The molecule has 16 aromatic rings. The van der Waals surface area contributed by atoms with E-state index in [0.29, 0.717) is 113 Å². The zero-order valence-electron chi connectivity index (χ0n) is 73.5. The molecule has 130 heavy (non-hydrogen) atoms. The SMILES string of the molecule is CC(=O)c1ccc(C(=O)c2ccc(Oc3ccc(C(=O)c4ccc(Oc5ccc(C)cc5)cc4)cc3)cc2)cc1.CC(=O)c1ccc(C(=O)c2ccc(Oc3ccc(C)cc3)cc2)cc1.CC(=O)c1ccc(Oc2ccc(Oc3ccc(C)cc3)cc2)cc1.COc1ccc(C(=O)c2ccc(C)cc2)cc1.COc1ccc(C(=O)c2ccc(Oc3ccc(C)cc3)cc2)cc1. The van der Waals surface area contributed by atoms with Gasteiger partial charge < -0.3 is 37.9 Å². The number of benzene rings is 16. The molecule has 16 rings (SSSR count). The predicted octanol–water partition coefficient (Wildman–Crippen LogP) is 27.5. The van der Waals surface area contributed by atoms with Crippen LogP contribution in [-0.4, -0.2) is 60.5 Å². The van der Waals surface area contributed by atoms with Gasteiger partial charge >= 0.3 is 0 Å². The number of methoxy groups -OCH3 is 2. The highest BCUT2D eigenvalue weighted by Gasteiger charge is 2.17. The second kappa shape index (κ2) is 45.3. The first-order chi connectivity index (χ1) is 62.8. The van der Waals surface area contributed by atoms with Crippen LogP contribution in [0.15, 0.2) is 388 Å². The van der Waals surface area contributed by atoms with Gasteiger partial charge in [-0.25, -0.2) is 0 Å². The lowest BCUT2D eigenvalue weighted by Crippen LogP contribution is -2.02. The maximum Gasteiger partial charge on any atom is 0.193 e. The molecule has 0 amide bonds. The summed E-state index contributed by atoms with van der Waals surface area (Å²) in [5, 5.41) is 0. The number of carbonyl (C=O) groups is 8. The van der Waals surface area contributed by atoms with Gasteiger partial charge in [0, 0.05) is 72.3 Å². The number of Topliss-reactive ketones (excluding diaryl/α,β-unsaturated/α-hetero) is 3. The normalized spacial score (nSPS) is 10.3. The van der Waals surface area contributed by atoms with Crippen molar-refractivity contribution in [3.8, 4) is 80.5 Å². The van der Waals surface area contributed by atoms with Gasteiger partial charge in [-0.2, -0.15) is 0 Å². The lowest BCUT2D eigenvalue weighted by Gasteiger charge is -2.09. The average Bonchev–Trinajstić information content (AvgIpc) is 0.844. The van der Waals surface area contributed by atoms with Gasteiger partial charge in [0.2, 0.25) is 0 Å².